The second-order valence-corrected chi connectivity index (χ2v) is 8.53. The Kier molecular flexibility index (Phi) is 3.88. The molecule has 0 radical (unpaired) electrons. The van der Waals surface area contributed by atoms with Crippen LogP contribution in [0, 0.1) is 22.7 Å². The highest BCUT2D eigenvalue weighted by Gasteiger charge is 2.75. The van der Waals surface area contributed by atoms with Crippen molar-refractivity contribution in [2.24, 2.45) is 22.7 Å². The van der Waals surface area contributed by atoms with Gasteiger partial charge in [0.15, 0.2) is 0 Å². The van der Waals surface area contributed by atoms with Gasteiger partial charge < -0.3 is 9.64 Å². The van der Waals surface area contributed by atoms with Crippen LogP contribution < -0.4 is 0 Å². The van der Waals surface area contributed by atoms with Crippen LogP contribution in [0.25, 0.3) is 0 Å². The summed E-state index contributed by atoms with van der Waals surface area (Å²) >= 11 is 0. The summed E-state index contributed by atoms with van der Waals surface area (Å²) in [5, 5.41) is 0. The SMILES string of the molecule is CC1(C)[C@@H]2[C@@H](C(=O)OCc3ccccc3)N(C(=O)C3(C(F)(F)F)CC3)C[C@@H]21. The number of piperidine rings is 1. The third-order valence-corrected chi connectivity index (χ3v) is 6.64. The lowest BCUT2D eigenvalue weighted by Gasteiger charge is -2.33. The number of nitrogens with zero attached hydrogens (tertiary/aromatic N) is 1. The number of carbonyl (C=O) groups excluding carboxylic acids is 2. The van der Waals surface area contributed by atoms with E-state index in [1.807, 2.05) is 32.0 Å². The molecule has 3 atom stereocenters. The Labute approximate surface area is 155 Å². The van der Waals surface area contributed by atoms with Gasteiger partial charge in [-0.1, -0.05) is 44.2 Å². The van der Waals surface area contributed by atoms with Gasteiger partial charge in [-0.05, 0) is 29.7 Å². The van der Waals surface area contributed by atoms with Crippen molar-refractivity contribution in [2.75, 3.05) is 6.54 Å². The van der Waals surface area contributed by atoms with E-state index in [4.69, 9.17) is 4.74 Å². The number of carbonyl (C=O) groups is 2. The molecule has 0 aromatic heterocycles. The van der Waals surface area contributed by atoms with Crippen molar-refractivity contribution in [3.63, 3.8) is 0 Å². The fraction of sp³-hybridized carbons (Fsp3) is 0.600. The van der Waals surface area contributed by atoms with Gasteiger partial charge in [-0.15, -0.1) is 0 Å². The lowest BCUT2D eigenvalue weighted by atomic mass is 9.98. The number of amides is 1. The molecule has 4 rings (SSSR count). The highest BCUT2D eigenvalue weighted by atomic mass is 19.4. The van der Waals surface area contributed by atoms with Gasteiger partial charge in [0.25, 0.3) is 0 Å². The van der Waals surface area contributed by atoms with E-state index in [1.165, 1.54) is 0 Å². The van der Waals surface area contributed by atoms with Crippen molar-refractivity contribution < 1.29 is 27.5 Å². The Morgan fingerprint density at radius 1 is 1.19 bits per heavy atom. The average Bonchev–Trinajstić information content (AvgIpc) is 3.46. The molecule has 146 valence electrons. The molecule has 3 aliphatic rings. The Morgan fingerprint density at radius 2 is 1.81 bits per heavy atom. The Morgan fingerprint density at radius 3 is 2.37 bits per heavy atom. The van der Waals surface area contributed by atoms with E-state index in [2.05, 4.69) is 0 Å². The van der Waals surface area contributed by atoms with Gasteiger partial charge in [-0.2, -0.15) is 13.2 Å². The largest absolute Gasteiger partial charge is 0.459 e. The van der Waals surface area contributed by atoms with Crippen LogP contribution in [-0.4, -0.2) is 35.5 Å². The zero-order chi connectivity index (χ0) is 19.6. The summed E-state index contributed by atoms with van der Waals surface area (Å²) in [6.07, 6.45) is -4.97. The summed E-state index contributed by atoms with van der Waals surface area (Å²) in [6, 6.07) is 8.14. The lowest BCUT2D eigenvalue weighted by molar-refractivity contribution is -0.201. The number of hydrogen-bond donors (Lipinski definition) is 0. The third-order valence-electron chi connectivity index (χ3n) is 6.64. The normalized spacial score (nSPS) is 29.8. The summed E-state index contributed by atoms with van der Waals surface area (Å²) in [4.78, 5) is 26.6. The Bertz CT molecular complexity index is 770. The lowest BCUT2D eigenvalue weighted by Crippen LogP contribution is -2.51. The number of rotatable bonds is 4. The molecule has 3 fully saturated rings. The summed E-state index contributed by atoms with van der Waals surface area (Å²) < 4.78 is 45.6. The first-order valence-electron chi connectivity index (χ1n) is 9.18. The van der Waals surface area contributed by atoms with Crippen molar-refractivity contribution in [3.8, 4) is 0 Å². The highest BCUT2D eigenvalue weighted by Crippen LogP contribution is 2.67. The summed E-state index contributed by atoms with van der Waals surface area (Å²) in [7, 11) is 0. The molecule has 0 N–H and O–H groups in total. The number of likely N-dealkylation sites (tertiary alicyclic amines) is 1. The Balaban J connectivity index is 1.52. The van der Waals surface area contributed by atoms with Crippen molar-refractivity contribution in [2.45, 2.75) is 45.5 Å². The molecule has 1 saturated heterocycles. The van der Waals surface area contributed by atoms with E-state index in [0.717, 1.165) is 10.5 Å². The highest BCUT2D eigenvalue weighted by molar-refractivity contribution is 5.92. The van der Waals surface area contributed by atoms with Gasteiger partial charge in [0, 0.05) is 12.5 Å². The summed E-state index contributed by atoms with van der Waals surface area (Å²) in [6.45, 7) is 4.20. The standard InChI is InChI=1S/C20H22F3NO3/c1-18(2)13-10-24(17(26)19(8-9-19)20(21,22)23)15(14(13)18)16(25)27-11-12-6-4-3-5-7-12/h3-7,13-15H,8-11H2,1-2H3/t13-,14-,15-/m0/s1. The minimum Gasteiger partial charge on any atom is -0.459 e. The number of fused-ring (bicyclic) bond motifs is 1. The molecule has 1 aromatic carbocycles. The van der Waals surface area contributed by atoms with E-state index < -0.39 is 29.5 Å². The molecular formula is C20H22F3NO3. The molecule has 2 aliphatic carbocycles. The van der Waals surface area contributed by atoms with E-state index in [9.17, 15) is 22.8 Å². The first-order chi connectivity index (χ1) is 12.6. The molecule has 0 spiro atoms. The number of benzene rings is 1. The smallest absolute Gasteiger partial charge is 0.403 e. The second-order valence-electron chi connectivity index (χ2n) is 8.53. The Hall–Kier alpha value is -2.05. The molecular weight excluding hydrogens is 359 g/mol. The van der Waals surface area contributed by atoms with Crippen LogP contribution in [0.2, 0.25) is 0 Å². The van der Waals surface area contributed by atoms with Gasteiger partial charge in [0.1, 0.15) is 18.1 Å². The molecule has 1 aromatic rings. The van der Waals surface area contributed by atoms with E-state index in [1.54, 1.807) is 12.1 Å². The molecule has 0 bridgehead atoms. The van der Waals surface area contributed by atoms with E-state index in [0.29, 0.717) is 0 Å². The van der Waals surface area contributed by atoms with Crippen LogP contribution >= 0.6 is 0 Å². The molecule has 1 heterocycles. The number of hydrogen-bond acceptors (Lipinski definition) is 3. The molecule has 1 aliphatic heterocycles. The molecule has 7 heteroatoms. The third kappa shape index (κ3) is 2.74. The van der Waals surface area contributed by atoms with Crippen LogP contribution in [0.1, 0.15) is 32.3 Å². The molecule has 0 unspecified atom stereocenters. The predicted molar refractivity (Wildman–Crippen MR) is 90.2 cm³/mol. The topological polar surface area (TPSA) is 46.6 Å². The number of halogens is 3. The van der Waals surface area contributed by atoms with Gasteiger partial charge in [-0.25, -0.2) is 4.79 Å². The maximum Gasteiger partial charge on any atom is 0.403 e. The predicted octanol–water partition coefficient (Wildman–Crippen LogP) is 3.56. The summed E-state index contributed by atoms with van der Waals surface area (Å²) in [5.41, 5.74) is -1.67. The van der Waals surface area contributed by atoms with Crippen molar-refractivity contribution in [3.05, 3.63) is 35.9 Å². The van der Waals surface area contributed by atoms with Crippen molar-refractivity contribution in [1.29, 1.82) is 0 Å². The van der Waals surface area contributed by atoms with Crippen molar-refractivity contribution in [1.82, 2.24) is 4.90 Å². The molecule has 2 saturated carbocycles. The zero-order valence-corrected chi connectivity index (χ0v) is 15.3. The minimum absolute atomic E-state index is 0.0414. The first kappa shape index (κ1) is 18.3. The first-order valence-corrected chi connectivity index (χ1v) is 9.18. The fourth-order valence-corrected chi connectivity index (χ4v) is 4.60. The minimum atomic E-state index is -4.58. The fourth-order valence-electron chi connectivity index (χ4n) is 4.60. The summed E-state index contributed by atoms with van der Waals surface area (Å²) in [5.74, 6) is -1.67. The molecule has 1 amide bonds. The van der Waals surface area contributed by atoms with Crippen LogP contribution in [0.3, 0.4) is 0 Å². The zero-order valence-electron chi connectivity index (χ0n) is 15.3. The van der Waals surface area contributed by atoms with Gasteiger partial charge in [-0.3, -0.25) is 4.79 Å². The van der Waals surface area contributed by atoms with Crippen LogP contribution in [0.15, 0.2) is 30.3 Å². The van der Waals surface area contributed by atoms with E-state index >= 15 is 0 Å². The quantitative estimate of drug-likeness (QED) is 0.750. The maximum absolute atomic E-state index is 13.4. The van der Waals surface area contributed by atoms with Crippen LogP contribution in [0.5, 0.6) is 0 Å². The average molecular weight is 381 g/mol. The number of alkyl halides is 3. The van der Waals surface area contributed by atoms with Crippen LogP contribution in [0.4, 0.5) is 13.2 Å². The van der Waals surface area contributed by atoms with E-state index in [-0.39, 0.29) is 43.2 Å². The monoisotopic (exact) mass is 381 g/mol. The molecule has 4 nitrogen and oxygen atoms in total. The number of esters is 1. The maximum atomic E-state index is 13.4. The molecule has 27 heavy (non-hydrogen) atoms. The number of ether oxygens (including phenoxy) is 1. The second kappa shape index (κ2) is 5.72. The van der Waals surface area contributed by atoms with Gasteiger partial charge >= 0.3 is 12.1 Å². The van der Waals surface area contributed by atoms with Gasteiger partial charge in [0.05, 0.1) is 0 Å². The van der Waals surface area contributed by atoms with Crippen molar-refractivity contribution >= 4 is 11.9 Å². The van der Waals surface area contributed by atoms with Crippen LogP contribution in [-0.2, 0) is 20.9 Å². The van der Waals surface area contributed by atoms with Gasteiger partial charge in [0.2, 0.25) is 5.91 Å².